The van der Waals surface area contributed by atoms with E-state index in [9.17, 15) is 10.2 Å². The maximum atomic E-state index is 10.2. The second-order valence-corrected chi connectivity index (χ2v) is 12.6. The summed E-state index contributed by atoms with van der Waals surface area (Å²) >= 11 is 0. The molecular weight excluding hydrogens is 422 g/mol. The summed E-state index contributed by atoms with van der Waals surface area (Å²) in [4.78, 5) is 2.72. The molecule has 3 saturated carbocycles. The van der Waals surface area contributed by atoms with Gasteiger partial charge in [0.1, 0.15) is 0 Å². The van der Waals surface area contributed by atoms with Crippen molar-refractivity contribution in [2.45, 2.75) is 109 Å². The first kappa shape index (κ1) is 26.1. The third-order valence-corrected chi connectivity index (χ3v) is 10.2. The third kappa shape index (κ3) is 4.98. The molecule has 4 heteroatoms. The molecule has 2 N–H and O–H groups in total. The number of hydrogen-bond donors (Lipinski definition) is 2. The number of ether oxygens (including phenoxy) is 1. The molecule has 7 atom stereocenters. The Morgan fingerprint density at radius 1 is 1.15 bits per heavy atom. The lowest BCUT2D eigenvalue weighted by Gasteiger charge is -2.46. The average Bonchev–Trinajstić information content (AvgIpc) is 3.40. The lowest BCUT2D eigenvalue weighted by atomic mass is 9.61. The van der Waals surface area contributed by atoms with Crippen LogP contribution in [-0.4, -0.2) is 59.2 Å². The van der Waals surface area contributed by atoms with Gasteiger partial charge >= 0.3 is 0 Å². The fourth-order valence-electron chi connectivity index (χ4n) is 8.10. The molecule has 0 radical (unpaired) electrons. The van der Waals surface area contributed by atoms with Crippen LogP contribution in [0, 0.1) is 23.2 Å². The predicted molar refractivity (Wildman–Crippen MR) is 140 cm³/mol. The summed E-state index contributed by atoms with van der Waals surface area (Å²) < 4.78 is 5.88. The number of hydrogen-bond acceptors (Lipinski definition) is 4. The Balaban J connectivity index is 1.45. The smallest absolute Gasteiger partial charge is 0.0809 e. The van der Waals surface area contributed by atoms with Gasteiger partial charge in [-0.3, -0.25) is 4.90 Å². The molecule has 192 valence electrons. The highest BCUT2D eigenvalue weighted by atomic mass is 16.5. The normalized spacial score (nSPS) is 39.5. The molecule has 4 fully saturated rings. The van der Waals surface area contributed by atoms with Gasteiger partial charge in [-0.2, -0.15) is 0 Å². The zero-order valence-corrected chi connectivity index (χ0v) is 22.4. The van der Waals surface area contributed by atoms with E-state index < -0.39 is 12.2 Å². The molecule has 1 aliphatic heterocycles. The number of nitrogens with zero attached hydrogens (tertiary/aromatic N) is 1. The van der Waals surface area contributed by atoms with Crippen molar-refractivity contribution >= 4 is 0 Å². The molecule has 0 aromatic heterocycles. The molecule has 34 heavy (non-hydrogen) atoms. The number of likely N-dealkylation sites (tertiary alicyclic amines) is 1. The summed E-state index contributed by atoms with van der Waals surface area (Å²) in [7, 11) is 1.86. The van der Waals surface area contributed by atoms with E-state index in [0.29, 0.717) is 41.7 Å². The molecule has 0 aromatic carbocycles. The summed E-state index contributed by atoms with van der Waals surface area (Å²) in [6, 6.07) is 0.524. The van der Waals surface area contributed by atoms with Gasteiger partial charge in [-0.05, 0) is 107 Å². The summed E-state index contributed by atoms with van der Waals surface area (Å²) in [6.07, 6.45) is 13.5. The summed E-state index contributed by atoms with van der Waals surface area (Å²) in [5.74, 6) is 2.13. The van der Waals surface area contributed by atoms with Crippen LogP contribution in [0.5, 0.6) is 0 Å². The first-order valence-electron chi connectivity index (χ1n) is 13.8. The van der Waals surface area contributed by atoms with Gasteiger partial charge in [-0.25, -0.2) is 0 Å². The van der Waals surface area contributed by atoms with Crippen LogP contribution in [0.15, 0.2) is 35.5 Å². The molecule has 4 aliphatic rings. The molecule has 0 aromatic rings. The molecule has 4 rings (SSSR count). The second-order valence-electron chi connectivity index (χ2n) is 12.6. The minimum absolute atomic E-state index is 0.0841. The van der Waals surface area contributed by atoms with Gasteiger partial charge in [0, 0.05) is 19.7 Å². The topological polar surface area (TPSA) is 52.9 Å². The zero-order valence-electron chi connectivity index (χ0n) is 22.4. The van der Waals surface area contributed by atoms with Crippen LogP contribution in [0.1, 0.15) is 85.5 Å². The Hall–Kier alpha value is -0.940. The van der Waals surface area contributed by atoms with Crippen molar-refractivity contribution in [2.24, 2.45) is 23.2 Å². The van der Waals surface area contributed by atoms with Crippen LogP contribution >= 0.6 is 0 Å². The quantitative estimate of drug-likeness (QED) is 0.491. The van der Waals surface area contributed by atoms with Crippen molar-refractivity contribution in [3.63, 3.8) is 0 Å². The van der Waals surface area contributed by atoms with Gasteiger partial charge in [-0.15, -0.1) is 0 Å². The predicted octanol–water partition coefficient (Wildman–Crippen LogP) is 5.65. The molecule has 3 aliphatic carbocycles. The maximum Gasteiger partial charge on any atom is 0.0809 e. The largest absolute Gasteiger partial charge is 0.388 e. The van der Waals surface area contributed by atoms with Crippen LogP contribution in [0.25, 0.3) is 0 Å². The van der Waals surface area contributed by atoms with Crippen LogP contribution in [0.4, 0.5) is 0 Å². The molecule has 0 spiro atoms. The van der Waals surface area contributed by atoms with E-state index in [-0.39, 0.29) is 5.60 Å². The van der Waals surface area contributed by atoms with Crippen molar-refractivity contribution in [1.29, 1.82) is 0 Å². The monoisotopic (exact) mass is 471 g/mol. The van der Waals surface area contributed by atoms with Crippen molar-refractivity contribution in [1.82, 2.24) is 4.90 Å². The van der Waals surface area contributed by atoms with E-state index in [1.165, 1.54) is 58.0 Å². The van der Waals surface area contributed by atoms with E-state index in [2.05, 4.69) is 51.3 Å². The Kier molecular flexibility index (Phi) is 7.84. The number of fused-ring (bicyclic) bond motifs is 1. The molecule has 1 heterocycles. The van der Waals surface area contributed by atoms with Crippen molar-refractivity contribution in [3.8, 4) is 0 Å². The fraction of sp³-hybridized carbons (Fsp3) is 0.800. The Bertz CT molecular complexity index is 798. The SMILES string of the molecule is C=C1[C@H](O)CC(=CC=C2CCC[C@]3(C)[C@@H](C(C)CN4CCCC4C(C)(C)OC)CC[C@@H]23)C[C@H]1O. The number of aliphatic hydroxyl groups excluding tert-OH is 2. The average molecular weight is 472 g/mol. The molecule has 4 nitrogen and oxygen atoms in total. The number of allylic oxidation sites excluding steroid dienone is 3. The highest BCUT2D eigenvalue weighted by Gasteiger charge is 2.51. The van der Waals surface area contributed by atoms with E-state index >= 15 is 0 Å². The van der Waals surface area contributed by atoms with E-state index in [1.54, 1.807) is 5.57 Å². The van der Waals surface area contributed by atoms with E-state index in [4.69, 9.17) is 4.74 Å². The second kappa shape index (κ2) is 10.2. The number of aliphatic hydroxyl groups is 2. The highest BCUT2D eigenvalue weighted by Crippen LogP contribution is 2.59. The van der Waals surface area contributed by atoms with Gasteiger partial charge in [0.15, 0.2) is 0 Å². The van der Waals surface area contributed by atoms with Gasteiger partial charge in [-0.1, -0.05) is 43.7 Å². The van der Waals surface area contributed by atoms with Crippen LogP contribution < -0.4 is 0 Å². The zero-order chi connectivity index (χ0) is 24.7. The minimum atomic E-state index is -0.612. The first-order valence-corrected chi connectivity index (χ1v) is 13.8. The molecule has 2 unspecified atom stereocenters. The summed E-state index contributed by atoms with van der Waals surface area (Å²) in [5.41, 5.74) is 3.62. The molecule has 1 saturated heterocycles. The maximum absolute atomic E-state index is 10.2. The van der Waals surface area contributed by atoms with Gasteiger partial charge in [0.2, 0.25) is 0 Å². The van der Waals surface area contributed by atoms with Gasteiger partial charge < -0.3 is 14.9 Å². The number of methoxy groups -OCH3 is 1. The van der Waals surface area contributed by atoms with Gasteiger partial charge in [0.05, 0.1) is 17.8 Å². The molecule has 0 bridgehead atoms. The van der Waals surface area contributed by atoms with E-state index in [1.807, 2.05) is 7.11 Å². The van der Waals surface area contributed by atoms with Crippen LogP contribution in [0.3, 0.4) is 0 Å². The van der Waals surface area contributed by atoms with E-state index in [0.717, 1.165) is 11.5 Å². The Morgan fingerprint density at radius 2 is 1.85 bits per heavy atom. The fourth-order valence-corrected chi connectivity index (χ4v) is 8.10. The summed E-state index contributed by atoms with van der Waals surface area (Å²) in [5, 5.41) is 20.4. The van der Waals surface area contributed by atoms with Crippen molar-refractivity contribution in [2.75, 3.05) is 20.2 Å². The van der Waals surface area contributed by atoms with Crippen LogP contribution in [-0.2, 0) is 4.74 Å². The third-order valence-electron chi connectivity index (χ3n) is 10.2. The van der Waals surface area contributed by atoms with Crippen molar-refractivity contribution in [3.05, 3.63) is 35.5 Å². The van der Waals surface area contributed by atoms with Gasteiger partial charge in [0.25, 0.3) is 0 Å². The Morgan fingerprint density at radius 3 is 2.53 bits per heavy atom. The Labute approximate surface area is 208 Å². The first-order chi connectivity index (χ1) is 16.1. The van der Waals surface area contributed by atoms with Crippen molar-refractivity contribution < 1.29 is 14.9 Å². The summed E-state index contributed by atoms with van der Waals surface area (Å²) in [6.45, 7) is 15.8. The minimum Gasteiger partial charge on any atom is -0.388 e. The number of rotatable bonds is 6. The van der Waals surface area contributed by atoms with Crippen LogP contribution in [0.2, 0.25) is 0 Å². The lowest BCUT2D eigenvalue weighted by Crippen LogP contribution is -2.49. The highest BCUT2D eigenvalue weighted by molar-refractivity contribution is 5.29. The molecule has 0 amide bonds. The standard InChI is InChI=1S/C30H49NO3/c1-20(19-31-16-8-10-28(31)29(3,4)34-6)24-13-14-25-23(9-7-15-30(24,25)5)12-11-22-17-26(32)21(2)27(33)18-22/h11-12,20,24-28,32-33H,2,7-10,13-19H2,1,3-6H3/t20?,24-,25+,26-,27-,28?,30-/m1/s1. The lowest BCUT2D eigenvalue weighted by molar-refractivity contribution is -0.0469. The molecular formula is C30H49NO3.